The number of anilines is 1. The molecule has 2 aromatic carbocycles. The molecule has 6 nitrogen and oxygen atoms in total. The number of pyridine rings is 1. The van der Waals surface area contributed by atoms with Gasteiger partial charge in [-0.05, 0) is 55.8 Å². The number of nitrogens with one attached hydrogen (secondary N) is 2. The predicted octanol–water partition coefficient (Wildman–Crippen LogP) is 4.27. The van der Waals surface area contributed by atoms with Crippen molar-refractivity contribution in [1.82, 2.24) is 14.7 Å². The quantitative estimate of drug-likeness (QED) is 0.510. The van der Waals surface area contributed by atoms with E-state index in [-0.39, 0.29) is 18.0 Å². The van der Waals surface area contributed by atoms with Crippen molar-refractivity contribution in [2.24, 2.45) is 0 Å². The Bertz CT molecular complexity index is 1300. The van der Waals surface area contributed by atoms with Crippen molar-refractivity contribution in [3.8, 4) is 0 Å². The number of benzene rings is 2. The van der Waals surface area contributed by atoms with Crippen LogP contribution in [0.2, 0.25) is 0 Å². The van der Waals surface area contributed by atoms with Crippen LogP contribution < -0.4 is 10.6 Å². The SMILES string of the molecule is Cc1ccc(C(=O)NCc2cn3c(C)cccc3n2)cc1NC(=O)c1ccccc1F. The zero-order valence-electron chi connectivity index (χ0n) is 17.1. The van der Waals surface area contributed by atoms with Gasteiger partial charge in [0.25, 0.3) is 11.8 Å². The third-order valence-electron chi connectivity index (χ3n) is 5.04. The van der Waals surface area contributed by atoms with Gasteiger partial charge in [0.2, 0.25) is 0 Å². The van der Waals surface area contributed by atoms with Gasteiger partial charge in [0.15, 0.2) is 0 Å². The highest BCUT2D eigenvalue weighted by molar-refractivity contribution is 6.05. The highest BCUT2D eigenvalue weighted by atomic mass is 19.1. The lowest BCUT2D eigenvalue weighted by Gasteiger charge is -2.11. The Morgan fingerprint density at radius 1 is 1.00 bits per heavy atom. The largest absolute Gasteiger partial charge is 0.346 e. The summed E-state index contributed by atoms with van der Waals surface area (Å²) in [5, 5.41) is 5.53. The molecule has 0 saturated carbocycles. The van der Waals surface area contributed by atoms with Crippen LogP contribution in [0.5, 0.6) is 0 Å². The average Bonchev–Trinajstić information content (AvgIpc) is 3.18. The van der Waals surface area contributed by atoms with E-state index in [4.69, 9.17) is 0 Å². The summed E-state index contributed by atoms with van der Waals surface area (Å²) < 4.78 is 15.8. The molecule has 0 spiro atoms. The molecule has 0 fully saturated rings. The van der Waals surface area contributed by atoms with Crippen molar-refractivity contribution < 1.29 is 14.0 Å². The number of carbonyl (C=O) groups excluding carboxylic acids is 2. The number of hydrogen-bond acceptors (Lipinski definition) is 3. The number of imidazole rings is 1. The highest BCUT2D eigenvalue weighted by Gasteiger charge is 2.14. The van der Waals surface area contributed by atoms with Crippen LogP contribution in [-0.2, 0) is 6.54 Å². The highest BCUT2D eigenvalue weighted by Crippen LogP contribution is 2.19. The zero-order chi connectivity index (χ0) is 22.0. The van der Waals surface area contributed by atoms with Gasteiger partial charge in [0.05, 0.1) is 17.8 Å². The molecular weight excluding hydrogens is 395 g/mol. The fraction of sp³-hybridized carbons (Fsp3) is 0.125. The normalized spacial score (nSPS) is 10.8. The van der Waals surface area contributed by atoms with Gasteiger partial charge in [0.1, 0.15) is 11.5 Å². The third-order valence-corrected chi connectivity index (χ3v) is 5.04. The van der Waals surface area contributed by atoms with E-state index in [1.165, 1.54) is 18.2 Å². The second kappa shape index (κ2) is 8.39. The number of halogens is 1. The number of carbonyl (C=O) groups is 2. The molecule has 156 valence electrons. The van der Waals surface area contributed by atoms with Gasteiger partial charge in [-0.1, -0.05) is 24.3 Å². The van der Waals surface area contributed by atoms with Gasteiger partial charge in [-0.2, -0.15) is 0 Å². The lowest BCUT2D eigenvalue weighted by atomic mass is 10.1. The van der Waals surface area contributed by atoms with Crippen LogP contribution in [0.4, 0.5) is 10.1 Å². The molecule has 0 atom stereocenters. The van der Waals surface area contributed by atoms with E-state index < -0.39 is 11.7 Å². The molecule has 0 aliphatic heterocycles. The third kappa shape index (κ3) is 4.30. The van der Waals surface area contributed by atoms with Crippen LogP contribution in [0.1, 0.15) is 37.7 Å². The van der Waals surface area contributed by atoms with E-state index in [1.54, 1.807) is 31.2 Å². The zero-order valence-corrected chi connectivity index (χ0v) is 17.1. The summed E-state index contributed by atoms with van der Waals surface area (Å²) in [6.45, 7) is 4.06. The lowest BCUT2D eigenvalue weighted by molar-refractivity contribution is 0.0949. The van der Waals surface area contributed by atoms with Crippen molar-refractivity contribution in [3.05, 3.63) is 101 Å². The van der Waals surface area contributed by atoms with Gasteiger partial charge in [-0.25, -0.2) is 9.37 Å². The molecule has 0 unspecified atom stereocenters. The smallest absolute Gasteiger partial charge is 0.258 e. The summed E-state index contributed by atoms with van der Waals surface area (Å²) >= 11 is 0. The van der Waals surface area contributed by atoms with Crippen LogP contribution in [0.3, 0.4) is 0 Å². The first-order valence-corrected chi connectivity index (χ1v) is 9.81. The summed E-state index contributed by atoms with van der Waals surface area (Å²) in [5.74, 6) is -1.47. The summed E-state index contributed by atoms with van der Waals surface area (Å²) in [7, 11) is 0. The maximum atomic E-state index is 13.9. The fourth-order valence-electron chi connectivity index (χ4n) is 3.29. The molecule has 0 bridgehead atoms. The molecule has 4 rings (SSSR count). The molecule has 31 heavy (non-hydrogen) atoms. The Kier molecular flexibility index (Phi) is 5.49. The van der Waals surface area contributed by atoms with Gasteiger partial charge < -0.3 is 15.0 Å². The molecule has 0 aliphatic carbocycles. The van der Waals surface area contributed by atoms with Crippen LogP contribution in [0, 0.1) is 19.7 Å². The second-order valence-corrected chi connectivity index (χ2v) is 7.27. The molecule has 2 amide bonds. The van der Waals surface area contributed by atoms with Crippen molar-refractivity contribution in [2.45, 2.75) is 20.4 Å². The average molecular weight is 416 g/mol. The molecule has 0 radical (unpaired) electrons. The first-order valence-electron chi connectivity index (χ1n) is 9.81. The number of nitrogens with zero attached hydrogens (tertiary/aromatic N) is 2. The second-order valence-electron chi connectivity index (χ2n) is 7.27. The first-order chi connectivity index (χ1) is 14.9. The van der Waals surface area contributed by atoms with Gasteiger partial charge in [0, 0.05) is 23.1 Å². The topological polar surface area (TPSA) is 75.5 Å². The van der Waals surface area contributed by atoms with Crippen LogP contribution in [0.25, 0.3) is 5.65 Å². The van der Waals surface area contributed by atoms with E-state index in [1.807, 2.05) is 35.7 Å². The van der Waals surface area contributed by atoms with E-state index in [0.29, 0.717) is 11.3 Å². The number of rotatable bonds is 5. The summed E-state index contributed by atoms with van der Waals surface area (Å²) in [4.78, 5) is 29.6. The van der Waals surface area contributed by atoms with E-state index in [2.05, 4.69) is 15.6 Å². The molecule has 2 N–H and O–H groups in total. The Labute approximate surface area is 178 Å². The van der Waals surface area contributed by atoms with Crippen molar-refractivity contribution in [1.29, 1.82) is 0 Å². The van der Waals surface area contributed by atoms with Gasteiger partial charge in [-0.15, -0.1) is 0 Å². The maximum Gasteiger partial charge on any atom is 0.258 e. The van der Waals surface area contributed by atoms with Crippen LogP contribution in [0.15, 0.2) is 66.9 Å². The Morgan fingerprint density at radius 3 is 2.58 bits per heavy atom. The molecular formula is C24H21FN4O2. The molecule has 0 aliphatic rings. The molecule has 4 aromatic rings. The first kappa shape index (κ1) is 20.3. The van der Waals surface area contributed by atoms with E-state index >= 15 is 0 Å². The minimum atomic E-state index is -0.603. The summed E-state index contributed by atoms with van der Waals surface area (Å²) in [6, 6.07) is 16.6. The number of fused-ring (bicyclic) bond motifs is 1. The molecule has 7 heteroatoms. The fourth-order valence-corrected chi connectivity index (χ4v) is 3.29. The standard InChI is InChI=1S/C24H21FN4O2/c1-15-10-11-17(12-21(15)28-24(31)19-7-3-4-8-20(19)25)23(30)26-13-18-14-29-16(2)6-5-9-22(29)27-18/h3-12,14H,13H2,1-2H3,(H,26,30)(H,28,31). The number of amides is 2. The van der Waals surface area contributed by atoms with Crippen LogP contribution in [-0.4, -0.2) is 21.2 Å². The van der Waals surface area contributed by atoms with E-state index in [0.717, 1.165) is 22.6 Å². The molecule has 2 aromatic heterocycles. The van der Waals surface area contributed by atoms with Crippen LogP contribution >= 0.6 is 0 Å². The minimum absolute atomic E-state index is 0.0566. The summed E-state index contributed by atoms with van der Waals surface area (Å²) in [5.41, 5.74) is 4.14. The monoisotopic (exact) mass is 416 g/mol. The van der Waals surface area contributed by atoms with Gasteiger partial charge in [-0.3, -0.25) is 9.59 Å². The van der Waals surface area contributed by atoms with Gasteiger partial charge >= 0.3 is 0 Å². The van der Waals surface area contributed by atoms with Crippen molar-refractivity contribution >= 4 is 23.1 Å². The number of aromatic nitrogens is 2. The number of hydrogen-bond donors (Lipinski definition) is 2. The Balaban J connectivity index is 1.48. The molecule has 2 heterocycles. The summed E-state index contributed by atoms with van der Waals surface area (Å²) in [6.07, 6.45) is 1.89. The van der Waals surface area contributed by atoms with Crippen molar-refractivity contribution in [2.75, 3.05) is 5.32 Å². The Hall–Kier alpha value is -4.00. The lowest BCUT2D eigenvalue weighted by Crippen LogP contribution is -2.23. The van der Waals surface area contributed by atoms with E-state index in [9.17, 15) is 14.0 Å². The Morgan fingerprint density at radius 2 is 1.81 bits per heavy atom. The number of aryl methyl sites for hydroxylation is 2. The predicted molar refractivity (Wildman–Crippen MR) is 117 cm³/mol. The molecule has 0 saturated heterocycles. The van der Waals surface area contributed by atoms with Crippen molar-refractivity contribution in [3.63, 3.8) is 0 Å². The minimum Gasteiger partial charge on any atom is -0.346 e. The maximum absolute atomic E-state index is 13.9.